The maximum atomic E-state index is 5.35. The third-order valence-electron chi connectivity index (χ3n) is 4.02. The summed E-state index contributed by atoms with van der Waals surface area (Å²) in [6.45, 7) is 2.34. The van der Waals surface area contributed by atoms with Gasteiger partial charge in [0.15, 0.2) is 5.82 Å². The van der Waals surface area contributed by atoms with Gasteiger partial charge in [0.1, 0.15) is 6.33 Å². The lowest BCUT2D eigenvalue weighted by molar-refractivity contribution is 0.204. The number of fused-ring (bicyclic) bond motifs is 1. The Morgan fingerprint density at radius 1 is 1.38 bits per heavy atom. The molecule has 0 N–H and O–H groups in total. The number of ether oxygens (including phenoxy) is 1. The maximum absolute atomic E-state index is 5.35. The predicted octanol–water partition coefficient (Wildman–Crippen LogP) is 1.30. The van der Waals surface area contributed by atoms with E-state index in [1.807, 2.05) is 0 Å². The molecule has 1 fully saturated rings. The summed E-state index contributed by atoms with van der Waals surface area (Å²) in [7, 11) is 1.64. The molecule has 2 aliphatic rings. The highest BCUT2D eigenvalue weighted by Crippen LogP contribution is 2.38. The van der Waals surface area contributed by atoms with E-state index in [4.69, 9.17) is 9.26 Å². The molecule has 1 saturated carbocycles. The molecule has 0 aromatic carbocycles. The number of nitrogens with zero attached hydrogens (tertiary/aromatic N) is 5. The van der Waals surface area contributed by atoms with Gasteiger partial charge in [-0.2, -0.15) is 4.98 Å². The highest BCUT2D eigenvalue weighted by Gasteiger charge is 2.29. The fraction of sp³-hybridized carbons (Fsp3) is 0.571. The van der Waals surface area contributed by atoms with Crippen LogP contribution in [-0.2, 0) is 19.5 Å². The maximum Gasteiger partial charge on any atom is 0.240 e. The standard InChI is InChI=1S/C14H17N5O2/c1-20-14-10-6-19(5-4-11(10)15-8-16-14)7-12-17-13(18-21-12)9-2-3-9/h8-9H,2-7H2,1H3. The molecular weight excluding hydrogens is 270 g/mol. The zero-order valence-corrected chi connectivity index (χ0v) is 11.9. The average molecular weight is 287 g/mol. The highest BCUT2D eigenvalue weighted by atomic mass is 16.5. The topological polar surface area (TPSA) is 77.2 Å². The summed E-state index contributed by atoms with van der Waals surface area (Å²) in [6, 6.07) is 0. The van der Waals surface area contributed by atoms with Crippen molar-refractivity contribution in [1.82, 2.24) is 25.0 Å². The lowest BCUT2D eigenvalue weighted by Gasteiger charge is -2.27. The van der Waals surface area contributed by atoms with Crippen molar-refractivity contribution in [3.63, 3.8) is 0 Å². The highest BCUT2D eigenvalue weighted by molar-refractivity contribution is 5.31. The van der Waals surface area contributed by atoms with Gasteiger partial charge in [0.05, 0.1) is 19.3 Å². The third-order valence-corrected chi connectivity index (χ3v) is 4.02. The van der Waals surface area contributed by atoms with Crippen molar-refractivity contribution in [3.8, 4) is 5.88 Å². The van der Waals surface area contributed by atoms with E-state index < -0.39 is 0 Å². The Labute approximate surface area is 122 Å². The molecule has 1 aliphatic carbocycles. The van der Waals surface area contributed by atoms with Crippen LogP contribution in [0.25, 0.3) is 0 Å². The summed E-state index contributed by atoms with van der Waals surface area (Å²) in [6.07, 6.45) is 4.82. The van der Waals surface area contributed by atoms with Crippen molar-refractivity contribution in [2.45, 2.75) is 38.3 Å². The normalized spacial score (nSPS) is 18.5. The Kier molecular flexibility index (Phi) is 3.07. The van der Waals surface area contributed by atoms with Gasteiger partial charge >= 0.3 is 0 Å². The minimum atomic E-state index is 0.526. The largest absolute Gasteiger partial charge is 0.481 e. The van der Waals surface area contributed by atoms with Crippen molar-refractivity contribution < 1.29 is 9.26 Å². The van der Waals surface area contributed by atoms with Gasteiger partial charge < -0.3 is 9.26 Å². The lowest BCUT2D eigenvalue weighted by atomic mass is 10.1. The second kappa shape index (κ2) is 5.07. The minimum Gasteiger partial charge on any atom is -0.481 e. The molecule has 21 heavy (non-hydrogen) atoms. The first-order valence-electron chi connectivity index (χ1n) is 7.25. The molecule has 4 rings (SSSR count). The molecule has 0 saturated heterocycles. The molecular formula is C14H17N5O2. The number of hydrogen-bond acceptors (Lipinski definition) is 7. The number of hydrogen-bond donors (Lipinski definition) is 0. The monoisotopic (exact) mass is 287 g/mol. The van der Waals surface area contributed by atoms with E-state index in [0.29, 0.717) is 24.2 Å². The van der Waals surface area contributed by atoms with E-state index in [2.05, 4.69) is 25.0 Å². The van der Waals surface area contributed by atoms with E-state index in [0.717, 1.165) is 36.6 Å². The molecule has 7 nitrogen and oxygen atoms in total. The summed E-state index contributed by atoms with van der Waals surface area (Å²) >= 11 is 0. The van der Waals surface area contributed by atoms with E-state index in [1.54, 1.807) is 13.4 Å². The Morgan fingerprint density at radius 3 is 3.10 bits per heavy atom. The summed E-state index contributed by atoms with van der Waals surface area (Å²) in [4.78, 5) is 15.3. The quantitative estimate of drug-likeness (QED) is 0.838. The first kappa shape index (κ1) is 12.7. The molecule has 0 unspecified atom stereocenters. The number of aromatic nitrogens is 4. The van der Waals surface area contributed by atoms with Crippen LogP contribution in [0.3, 0.4) is 0 Å². The van der Waals surface area contributed by atoms with E-state index in [9.17, 15) is 0 Å². The predicted molar refractivity (Wildman–Crippen MR) is 72.7 cm³/mol. The second-order valence-electron chi connectivity index (χ2n) is 5.59. The van der Waals surface area contributed by atoms with Crippen LogP contribution in [-0.4, -0.2) is 38.7 Å². The minimum absolute atomic E-state index is 0.526. The van der Waals surface area contributed by atoms with Crippen molar-refractivity contribution in [3.05, 3.63) is 29.3 Å². The first-order valence-corrected chi connectivity index (χ1v) is 7.25. The Hall–Kier alpha value is -2.02. The van der Waals surface area contributed by atoms with Crippen LogP contribution >= 0.6 is 0 Å². The molecule has 2 aromatic rings. The summed E-state index contributed by atoms with van der Waals surface area (Å²) in [5.74, 6) is 2.74. The molecule has 0 amide bonds. The van der Waals surface area contributed by atoms with Crippen LogP contribution in [0.2, 0.25) is 0 Å². The summed E-state index contributed by atoms with van der Waals surface area (Å²) in [5, 5.41) is 4.06. The molecule has 0 radical (unpaired) electrons. The van der Waals surface area contributed by atoms with Gasteiger partial charge in [0.2, 0.25) is 11.8 Å². The van der Waals surface area contributed by atoms with Crippen molar-refractivity contribution in [2.24, 2.45) is 0 Å². The van der Waals surface area contributed by atoms with Crippen LogP contribution in [0.4, 0.5) is 0 Å². The first-order chi connectivity index (χ1) is 10.3. The van der Waals surface area contributed by atoms with Crippen molar-refractivity contribution >= 4 is 0 Å². The van der Waals surface area contributed by atoms with Gasteiger partial charge in [-0.15, -0.1) is 0 Å². The average Bonchev–Trinajstić information content (AvgIpc) is 3.27. The number of methoxy groups -OCH3 is 1. The smallest absolute Gasteiger partial charge is 0.240 e. The Morgan fingerprint density at radius 2 is 2.29 bits per heavy atom. The molecule has 0 atom stereocenters. The van der Waals surface area contributed by atoms with Gasteiger partial charge in [-0.1, -0.05) is 5.16 Å². The lowest BCUT2D eigenvalue weighted by Crippen LogP contribution is -2.31. The SMILES string of the molecule is COc1ncnc2c1CN(Cc1nc(C3CC3)no1)CC2. The van der Waals surface area contributed by atoms with Gasteiger partial charge in [-0.05, 0) is 12.8 Å². The van der Waals surface area contributed by atoms with Gasteiger partial charge in [-0.25, -0.2) is 9.97 Å². The molecule has 3 heterocycles. The van der Waals surface area contributed by atoms with Crippen molar-refractivity contribution in [2.75, 3.05) is 13.7 Å². The Bertz CT molecular complexity index is 638. The van der Waals surface area contributed by atoms with Crippen LogP contribution < -0.4 is 4.74 Å². The van der Waals surface area contributed by atoms with E-state index >= 15 is 0 Å². The zero-order chi connectivity index (χ0) is 14.2. The summed E-state index contributed by atoms with van der Waals surface area (Å²) < 4.78 is 10.7. The van der Waals surface area contributed by atoms with Crippen molar-refractivity contribution in [1.29, 1.82) is 0 Å². The number of rotatable bonds is 4. The van der Waals surface area contributed by atoms with E-state index in [-0.39, 0.29) is 0 Å². The van der Waals surface area contributed by atoms with Crippen LogP contribution in [0, 0.1) is 0 Å². The van der Waals surface area contributed by atoms with Crippen LogP contribution in [0.1, 0.15) is 41.7 Å². The van der Waals surface area contributed by atoms with E-state index in [1.165, 1.54) is 12.8 Å². The van der Waals surface area contributed by atoms with Gasteiger partial charge in [-0.3, -0.25) is 4.90 Å². The molecule has 110 valence electrons. The van der Waals surface area contributed by atoms with Crippen LogP contribution in [0.15, 0.2) is 10.9 Å². The molecule has 0 spiro atoms. The third kappa shape index (κ3) is 2.49. The molecule has 2 aromatic heterocycles. The second-order valence-corrected chi connectivity index (χ2v) is 5.59. The van der Waals surface area contributed by atoms with Gasteiger partial charge in [0, 0.05) is 31.0 Å². The Balaban J connectivity index is 1.49. The van der Waals surface area contributed by atoms with Gasteiger partial charge in [0.25, 0.3) is 0 Å². The molecule has 7 heteroatoms. The molecule has 1 aliphatic heterocycles. The summed E-state index contributed by atoms with van der Waals surface area (Å²) in [5.41, 5.74) is 2.13. The zero-order valence-electron chi connectivity index (χ0n) is 11.9. The fourth-order valence-corrected chi connectivity index (χ4v) is 2.71. The fourth-order valence-electron chi connectivity index (χ4n) is 2.71. The van der Waals surface area contributed by atoms with Crippen LogP contribution in [0.5, 0.6) is 5.88 Å². The molecule has 0 bridgehead atoms.